The van der Waals surface area contributed by atoms with Gasteiger partial charge in [0, 0.05) is 0 Å². The number of hydrogen-bond donors (Lipinski definition) is 0. The fourth-order valence-electron chi connectivity index (χ4n) is 4.71. The van der Waals surface area contributed by atoms with Gasteiger partial charge in [-0.2, -0.15) is 0 Å². The van der Waals surface area contributed by atoms with Crippen molar-refractivity contribution in [3.63, 3.8) is 0 Å². The van der Waals surface area contributed by atoms with Crippen LogP contribution in [0.1, 0.15) is 36.6 Å². The number of rotatable bonds is 9. The van der Waals surface area contributed by atoms with Crippen molar-refractivity contribution in [2.75, 3.05) is 20.8 Å². The first kappa shape index (κ1) is 27.9. The Bertz CT molecular complexity index is 1770. The summed E-state index contributed by atoms with van der Waals surface area (Å²) in [5.41, 5.74) is 2.93. The summed E-state index contributed by atoms with van der Waals surface area (Å²) >= 11 is 1.26. The Morgan fingerprint density at radius 3 is 2.41 bits per heavy atom. The molecule has 9 heteroatoms. The Morgan fingerprint density at radius 2 is 1.73 bits per heavy atom. The van der Waals surface area contributed by atoms with E-state index in [1.54, 1.807) is 43.9 Å². The quantitative estimate of drug-likeness (QED) is 0.277. The molecule has 0 saturated heterocycles. The standard InChI is InChI=1S/C32H30N2O6S/c1-5-39-24-14-12-23(13-15-24)29-28(31(36)40-19-21-9-7-6-8-10-21)20(2)33-32-34(29)30(35)27(41-32)18-22-11-16-25(37-3)26(17-22)38-4/h6-18,29H,5,19H2,1-4H3/b27-18-. The Labute approximate surface area is 241 Å². The molecule has 0 amide bonds. The topological polar surface area (TPSA) is 88.4 Å². The molecule has 1 unspecified atom stereocenters. The number of methoxy groups -OCH3 is 2. The van der Waals surface area contributed by atoms with Crippen LogP contribution in [-0.2, 0) is 16.1 Å². The van der Waals surface area contributed by atoms with E-state index in [1.165, 1.54) is 11.3 Å². The zero-order valence-corrected chi connectivity index (χ0v) is 24.1. The molecule has 0 fully saturated rings. The minimum atomic E-state index is -0.724. The number of carbonyl (C=O) groups excluding carboxylic acids is 1. The van der Waals surface area contributed by atoms with Crippen molar-refractivity contribution in [1.82, 2.24) is 4.57 Å². The van der Waals surface area contributed by atoms with Gasteiger partial charge in [-0.3, -0.25) is 9.36 Å². The lowest BCUT2D eigenvalue weighted by molar-refractivity contribution is -0.140. The summed E-state index contributed by atoms with van der Waals surface area (Å²) in [6.45, 7) is 4.32. The zero-order valence-electron chi connectivity index (χ0n) is 23.2. The van der Waals surface area contributed by atoms with E-state index >= 15 is 0 Å². The second-order valence-electron chi connectivity index (χ2n) is 9.26. The van der Waals surface area contributed by atoms with E-state index in [9.17, 15) is 9.59 Å². The molecule has 0 bridgehead atoms. The third-order valence-electron chi connectivity index (χ3n) is 6.67. The molecule has 1 aromatic heterocycles. The molecule has 210 valence electrons. The van der Waals surface area contributed by atoms with Crippen LogP contribution in [0.2, 0.25) is 0 Å². The summed E-state index contributed by atoms with van der Waals surface area (Å²) in [7, 11) is 3.13. The van der Waals surface area contributed by atoms with Crippen molar-refractivity contribution in [3.05, 3.63) is 120 Å². The number of ether oxygens (including phenoxy) is 4. The van der Waals surface area contributed by atoms with Crippen molar-refractivity contribution in [3.8, 4) is 17.2 Å². The number of thiazole rings is 1. The Balaban J connectivity index is 1.60. The van der Waals surface area contributed by atoms with E-state index in [1.807, 2.05) is 67.6 Å². The minimum Gasteiger partial charge on any atom is -0.494 e. The number of benzene rings is 3. The molecule has 3 aromatic carbocycles. The third kappa shape index (κ3) is 5.81. The highest BCUT2D eigenvalue weighted by molar-refractivity contribution is 7.07. The molecule has 0 saturated carbocycles. The zero-order chi connectivity index (χ0) is 28.9. The fourth-order valence-corrected chi connectivity index (χ4v) is 5.75. The first-order chi connectivity index (χ1) is 19.9. The predicted molar refractivity (Wildman–Crippen MR) is 157 cm³/mol. The summed E-state index contributed by atoms with van der Waals surface area (Å²) in [5, 5.41) is 0. The first-order valence-corrected chi connectivity index (χ1v) is 13.9. The Morgan fingerprint density at radius 1 is 1.00 bits per heavy atom. The molecule has 1 aliphatic heterocycles. The van der Waals surface area contributed by atoms with Gasteiger partial charge in [-0.05, 0) is 60.9 Å². The van der Waals surface area contributed by atoms with Crippen LogP contribution in [0, 0.1) is 0 Å². The van der Waals surface area contributed by atoms with Gasteiger partial charge in [0.1, 0.15) is 12.4 Å². The maximum Gasteiger partial charge on any atom is 0.338 e. The Kier molecular flexibility index (Phi) is 8.35. The van der Waals surface area contributed by atoms with E-state index in [0.29, 0.717) is 44.5 Å². The van der Waals surface area contributed by atoms with Gasteiger partial charge in [-0.1, -0.05) is 59.9 Å². The monoisotopic (exact) mass is 570 g/mol. The number of aromatic nitrogens is 1. The van der Waals surface area contributed by atoms with Crippen molar-refractivity contribution >= 4 is 23.4 Å². The second kappa shape index (κ2) is 12.3. The number of carbonyl (C=O) groups is 1. The summed E-state index contributed by atoms with van der Waals surface area (Å²) in [4.78, 5) is 32.7. The van der Waals surface area contributed by atoms with Crippen LogP contribution in [0.4, 0.5) is 0 Å². The average molecular weight is 571 g/mol. The molecular weight excluding hydrogens is 540 g/mol. The summed E-state index contributed by atoms with van der Waals surface area (Å²) in [6.07, 6.45) is 1.79. The van der Waals surface area contributed by atoms with E-state index < -0.39 is 12.0 Å². The van der Waals surface area contributed by atoms with Gasteiger partial charge < -0.3 is 18.9 Å². The van der Waals surface area contributed by atoms with Crippen molar-refractivity contribution in [2.24, 2.45) is 4.99 Å². The van der Waals surface area contributed by atoms with Crippen molar-refractivity contribution in [2.45, 2.75) is 26.5 Å². The number of esters is 1. The van der Waals surface area contributed by atoms with E-state index in [2.05, 4.69) is 4.99 Å². The molecule has 41 heavy (non-hydrogen) atoms. The van der Waals surface area contributed by atoms with E-state index in [4.69, 9.17) is 18.9 Å². The minimum absolute atomic E-state index is 0.107. The highest BCUT2D eigenvalue weighted by Crippen LogP contribution is 2.32. The first-order valence-electron chi connectivity index (χ1n) is 13.1. The largest absolute Gasteiger partial charge is 0.494 e. The van der Waals surface area contributed by atoms with Crippen LogP contribution in [0.5, 0.6) is 17.2 Å². The number of nitrogens with zero attached hydrogens (tertiary/aromatic N) is 2. The summed E-state index contributed by atoms with van der Waals surface area (Å²) in [5.74, 6) is 1.32. The van der Waals surface area contributed by atoms with Crippen LogP contribution >= 0.6 is 11.3 Å². The van der Waals surface area contributed by atoms with E-state index in [0.717, 1.165) is 16.7 Å². The van der Waals surface area contributed by atoms with Gasteiger partial charge in [0.25, 0.3) is 5.56 Å². The summed E-state index contributed by atoms with van der Waals surface area (Å²) in [6, 6.07) is 21.6. The normalized spacial score (nSPS) is 14.7. The van der Waals surface area contributed by atoms with Crippen LogP contribution in [0.25, 0.3) is 6.08 Å². The average Bonchev–Trinajstić information content (AvgIpc) is 3.30. The number of fused-ring (bicyclic) bond motifs is 1. The summed E-state index contributed by atoms with van der Waals surface area (Å²) < 4.78 is 24.1. The molecule has 0 aliphatic carbocycles. The molecule has 8 nitrogen and oxygen atoms in total. The van der Waals surface area contributed by atoms with Gasteiger partial charge in [-0.25, -0.2) is 9.79 Å². The smallest absolute Gasteiger partial charge is 0.338 e. The van der Waals surface area contributed by atoms with Gasteiger partial charge in [0.05, 0.1) is 42.7 Å². The molecule has 1 aliphatic rings. The highest BCUT2D eigenvalue weighted by Gasteiger charge is 2.33. The number of allylic oxidation sites excluding steroid dienone is 1. The van der Waals surface area contributed by atoms with Gasteiger partial charge in [-0.15, -0.1) is 0 Å². The lowest BCUT2D eigenvalue weighted by atomic mass is 9.96. The third-order valence-corrected chi connectivity index (χ3v) is 7.65. The SMILES string of the molecule is CCOc1ccc(C2C(C(=O)OCc3ccccc3)=C(C)N=c3s/c(=C\c4ccc(OC)c(OC)c4)c(=O)n32)cc1. The lowest BCUT2D eigenvalue weighted by Gasteiger charge is -2.25. The lowest BCUT2D eigenvalue weighted by Crippen LogP contribution is -2.39. The molecular formula is C32H30N2O6S. The highest BCUT2D eigenvalue weighted by atomic mass is 32.1. The van der Waals surface area contributed by atoms with Crippen LogP contribution in [0.3, 0.4) is 0 Å². The van der Waals surface area contributed by atoms with Gasteiger partial charge >= 0.3 is 5.97 Å². The van der Waals surface area contributed by atoms with Crippen LogP contribution in [0.15, 0.2) is 93.9 Å². The van der Waals surface area contributed by atoms with E-state index in [-0.39, 0.29) is 12.2 Å². The van der Waals surface area contributed by atoms with Crippen molar-refractivity contribution < 1.29 is 23.7 Å². The second-order valence-corrected chi connectivity index (χ2v) is 10.3. The van der Waals surface area contributed by atoms with Crippen LogP contribution < -0.4 is 29.1 Å². The molecule has 0 spiro atoms. The fraction of sp³-hybridized carbons (Fsp3) is 0.219. The molecule has 5 rings (SSSR count). The van der Waals surface area contributed by atoms with Gasteiger partial charge in [0.2, 0.25) is 0 Å². The van der Waals surface area contributed by atoms with Crippen LogP contribution in [-0.4, -0.2) is 31.4 Å². The molecule has 1 atom stereocenters. The predicted octanol–water partition coefficient (Wildman–Crippen LogP) is 4.39. The number of hydrogen-bond acceptors (Lipinski definition) is 8. The maximum atomic E-state index is 13.9. The Hall–Kier alpha value is -4.63. The molecule has 0 N–H and O–H groups in total. The molecule has 2 heterocycles. The molecule has 4 aromatic rings. The maximum absolute atomic E-state index is 13.9. The molecule has 0 radical (unpaired) electrons. The van der Waals surface area contributed by atoms with Gasteiger partial charge in [0.15, 0.2) is 16.3 Å². The van der Waals surface area contributed by atoms with Crippen molar-refractivity contribution in [1.29, 1.82) is 0 Å².